The second-order valence-corrected chi connectivity index (χ2v) is 10.1. The van der Waals surface area contributed by atoms with Crippen molar-refractivity contribution in [3.05, 3.63) is 140 Å². The van der Waals surface area contributed by atoms with Crippen LogP contribution in [0, 0.1) is 0 Å². The lowest BCUT2D eigenvalue weighted by molar-refractivity contribution is 1.30. The normalized spacial score (nSPS) is 11.3. The van der Waals surface area contributed by atoms with E-state index in [0.717, 1.165) is 11.4 Å². The Morgan fingerprint density at radius 3 is 1.72 bits per heavy atom. The molecule has 7 aromatic rings. The maximum atomic E-state index is 2.39. The highest BCUT2D eigenvalue weighted by molar-refractivity contribution is 7.26. The molecular formula is C34H23NS. The summed E-state index contributed by atoms with van der Waals surface area (Å²) in [5.41, 5.74) is 5.93. The highest BCUT2D eigenvalue weighted by Crippen LogP contribution is 2.46. The minimum Gasteiger partial charge on any atom is -0.310 e. The Kier molecular flexibility index (Phi) is 5.04. The third-order valence-corrected chi connectivity index (χ3v) is 8.07. The van der Waals surface area contributed by atoms with Gasteiger partial charge in [-0.3, -0.25) is 0 Å². The standard InChI is InChI=1S/C34H23NS/c1-3-11-24(12-4-1)25-19-21-27(22-20-25)35(26-13-5-2-6-14-26)32-23-31-29-16-9-10-18-33(29)36-34(31)30-17-8-7-15-28(30)32/h1-23H. The summed E-state index contributed by atoms with van der Waals surface area (Å²) < 4.78 is 2.68. The minimum atomic E-state index is 1.14. The number of hydrogen-bond donors (Lipinski definition) is 0. The van der Waals surface area contributed by atoms with E-state index in [0.29, 0.717) is 0 Å². The minimum absolute atomic E-state index is 1.14. The molecule has 170 valence electrons. The number of nitrogens with zero attached hydrogens (tertiary/aromatic N) is 1. The summed E-state index contributed by atoms with van der Waals surface area (Å²) in [5.74, 6) is 0. The molecule has 0 unspecified atom stereocenters. The van der Waals surface area contributed by atoms with Crippen LogP contribution in [0.3, 0.4) is 0 Å². The molecular weight excluding hydrogens is 454 g/mol. The molecule has 0 spiro atoms. The van der Waals surface area contributed by atoms with Crippen molar-refractivity contribution in [2.24, 2.45) is 0 Å². The van der Waals surface area contributed by atoms with Gasteiger partial charge in [0.1, 0.15) is 0 Å². The van der Waals surface area contributed by atoms with Gasteiger partial charge >= 0.3 is 0 Å². The van der Waals surface area contributed by atoms with Crippen LogP contribution in [0.25, 0.3) is 42.1 Å². The maximum absolute atomic E-state index is 2.39. The molecule has 0 N–H and O–H groups in total. The largest absolute Gasteiger partial charge is 0.310 e. The third kappa shape index (κ3) is 3.46. The monoisotopic (exact) mass is 477 g/mol. The zero-order valence-corrected chi connectivity index (χ0v) is 20.5. The van der Waals surface area contributed by atoms with E-state index in [4.69, 9.17) is 0 Å². The van der Waals surface area contributed by atoms with Crippen LogP contribution < -0.4 is 4.90 Å². The van der Waals surface area contributed by atoms with Gasteiger partial charge in [0.25, 0.3) is 0 Å². The van der Waals surface area contributed by atoms with Gasteiger partial charge < -0.3 is 4.90 Å². The van der Waals surface area contributed by atoms with E-state index in [1.165, 1.54) is 47.8 Å². The molecule has 0 aliphatic heterocycles. The molecule has 0 radical (unpaired) electrons. The summed E-state index contributed by atoms with van der Waals surface area (Å²) in [6.45, 7) is 0. The SMILES string of the molecule is c1ccc(-c2ccc(N(c3ccccc3)c3cc4c5ccccc5sc4c4ccccc34)cc2)cc1. The van der Waals surface area contributed by atoms with Crippen molar-refractivity contribution in [3.63, 3.8) is 0 Å². The Labute approximate surface area is 214 Å². The van der Waals surface area contributed by atoms with Gasteiger partial charge in [0.15, 0.2) is 0 Å². The molecule has 0 saturated carbocycles. The summed E-state index contributed by atoms with van der Waals surface area (Å²) in [6.07, 6.45) is 0. The Balaban J connectivity index is 1.50. The molecule has 36 heavy (non-hydrogen) atoms. The Bertz CT molecular complexity index is 1820. The van der Waals surface area contributed by atoms with Crippen LogP contribution in [0.4, 0.5) is 17.1 Å². The van der Waals surface area contributed by atoms with E-state index < -0.39 is 0 Å². The molecule has 0 atom stereocenters. The Morgan fingerprint density at radius 2 is 0.972 bits per heavy atom. The first kappa shape index (κ1) is 20.9. The zero-order chi connectivity index (χ0) is 23.9. The molecule has 0 saturated heterocycles. The number of benzene rings is 6. The van der Waals surface area contributed by atoms with Gasteiger partial charge in [-0.15, -0.1) is 11.3 Å². The number of anilines is 3. The van der Waals surface area contributed by atoms with Gasteiger partial charge in [-0.25, -0.2) is 0 Å². The van der Waals surface area contributed by atoms with Gasteiger partial charge in [0.05, 0.1) is 5.69 Å². The predicted molar refractivity (Wildman–Crippen MR) is 157 cm³/mol. The van der Waals surface area contributed by atoms with Crippen molar-refractivity contribution in [3.8, 4) is 11.1 Å². The fourth-order valence-electron chi connectivity index (χ4n) is 5.15. The number of hydrogen-bond acceptors (Lipinski definition) is 2. The first-order chi connectivity index (χ1) is 17.9. The van der Waals surface area contributed by atoms with Gasteiger partial charge in [-0.1, -0.05) is 103 Å². The molecule has 1 heterocycles. The van der Waals surface area contributed by atoms with E-state index in [1.807, 2.05) is 11.3 Å². The zero-order valence-electron chi connectivity index (χ0n) is 19.6. The number of fused-ring (bicyclic) bond motifs is 5. The topological polar surface area (TPSA) is 3.24 Å². The maximum Gasteiger partial charge on any atom is 0.0547 e. The summed E-state index contributed by atoms with van der Waals surface area (Å²) >= 11 is 1.88. The van der Waals surface area contributed by atoms with Crippen LogP contribution in [0.1, 0.15) is 0 Å². The third-order valence-electron chi connectivity index (χ3n) is 6.85. The lowest BCUT2D eigenvalue weighted by Gasteiger charge is -2.27. The van der Waals surface area contributed by atoms with Gasteiger partial charge in [-0.05, 0) is 47.5 Å². The Hall–Kier alpha value is -4.40. The molecule has 0 fully saturated rings. The quantitative estimate of drug-likeness (QED) is 0.244. The molecule has 0 bridgehead atoms. The van der Waals surface area contributed by atoms with Crippen LogP contribution >= 0.6 is 11.3 Å². The van der Waals surface area contributed by atoms with Crippen LogP contribution in [0.2, 0.25) is 0 Å². The molecule has 1 aromatic heterocycles. The fourth-order valence-corrected chi connectivity index (χ4v) is 6.37. The van der Waals surface area contributed by atoms with E-state index in [-0.39, 0.29) is 0 Å². The van der Waals surface area contributed by atoms with E-state index in [1.54, 1.807) is 0 Å². The molecule has 1 nitrogen and oxygen atoms in total. The molecule has 0 aliphatic rings. The summed E-state index contributed by atoms with van der Waals surface area (Å²) in [6, 6.07) is 50.1. The van der Waals surface area contributed by atoms with Crippen LogP contribution in [0.5, 0.6) is 0 Å². The fraction of sp³-hybridized carbons (Fsp3) is 0. The predicted octanol–water partition coefficient (Wildman–Crippen LogP) is 10.3. The summed E-state index contributed by atoms with van der Waals surface area (Å²) in [5, 5.41) is 5.18. The van der Waals surface area contributed by atoms with Crippen molar-refractivity contribution >= 4 is 59.3 Å². The van der Waals surface area contributed by atoms with Crippen LogP contribution in [-0.4, -0.2) is 0 Å². The second kappa shape index (κ2) is 8.67. The first-order valence-electron chi connectivity index (χ1n) is 12.2. The van der Waals surface area contributed by atoms with Crippen molar-refractivity contribution in [1.82, 2.24) is 0 Å². The molecule has 0 amide bonds. The van der Waals surface area contributed by atoms with Crippen molar-refractivity contribution in [2.75, 3.05) is 4.90 Å². The lowest BCUT2D eigenvalue weighted by Crippen LogP contribution is -2.10. The molecule has 7 rings (SSSR count). The summed E-state index contributed by atoms with van der Waals surface area (Å²) in [4.78, 5) is 2.39. The van der Waals surface area contributed by atoms with Crippen molar-refractivity contribution in [1.29, 1.82) is 0 Å². The molecule has 6 aromatic carbocycles. The van der Waals surface area contributed by atoms with Crippen molar-refractivity contribution in [2.45, 2.75) is 0 Å². The van der Waals surface area contributed by atoms with Gasteiger partial charge in [0.2, 0.25) is 0 Å². The van der Waals surface area contributed by atoms with E-state index in [2.05, 4.69) is 144 Å². The highest BCUT2D eigenvalue weighted by Gasteiger charge is 2.19. The van der Waals surface area contributed by atoms with Crippen LogP contribution in [0.15, 0.2) is 140 Å². The highest BCUT2D eigenvalue weighted by atomic mass is 32.1. The van der Waals surface area contributed by atoms with Gasteiger partial charge in [0, 0.05) is 42.3 Å². The Morgan fingerprint density at radius 1 is 0.417 bits per heavy atom. The summed E-state index contributed by atoms with van der Waals surface area (Å²) in [7, 11) is 0. The van der Waals surface area contributed by atoms with E-state index >= 15 is 0 Å². The lowest BCUT2D eigenvalue weighted by atomic mass is 10.0. The number of thiophene rings is 1. The molecule has 2 heteroatoms. The van der Waals surface area contributed by atoms with Gasteiger partial charge in [-0.2, -0.15) is 0 Å². The van der Waals surface area contributed by atoms with E-state index in [9.17, 15) is 0 Å². The first-order valence-corrected chi connectivity index (χ1v) is 13.0. The van der Waals surface area contributed by atoms with Crippen LogP contribution in [-0.2, 0) is 0 Å². The molecule has 0 aliphatic carbocycles. The number of rotatable bonds is 4. The average Bonchev–Trinajstić information content (AvgIpc) is 3.34. The van der Waals surface area contributed by atoms with Crippen molar-refractivity contribution < 1.29 is 0 Å². The second-order valence-electron chi connectivity index (χ2n) is 9.00. The number of para-hydroxylation sites is 1. The smallest absolute Gasteiger partial charge is 0.0547 e. The average molecular weight is 478 g/mol.